The van der Waals surface area contributed by atoms with Crippen molar-refractivity contribution in [3.63, 3.8) is 0 Å². The Kier molecular flexibility index (Phi) is 3.74. The fourth-order valence-corrected chi connectivity index (χ4v) is 2.27. The van der Waals surface area contributed by atoms with Gasteiger partial charge in [0, 0.05) is 25.2 Å². The minimum atomic E-state index is 0.0757. The number of amides is 1. The van der Waals surface area contributed by atoms with Gasteiger partial charge < -0.3 is 10.6 Å². The molecule has 0 radical (unpaired) electrons. The minimum Gasteiger partial charge on any atom is -0.352 e. The lowest BCUT2D eigenvalue weighted by Gasteiger charge is -2.21. The van der Waals surface area contributed by atoms with E-state index in [0.29, 0.717) is 6.54 Å². The second kappa shape index (κ2) is 5.27. The molecule has 1 aliphatic rings. The average molecular weight is 236 g/mol. The lowest BCUT2D eigenvalue weighted by atomic mass is 10.0. The van der Waals surface area contributed by atoms with Crippen LogP contribution < -0.4 is 10.6 Å². The monoisotopic (exact) mass is 236 g/mol. The van der Waals surface area contributed by atoms with Crippen molar-refractivity contribution in [1.82, 2.24) is 10.6 Å². The third kappa shape index (κ3) is 2.71. The Morgan fingerprint density at radius 1 is 1.56 bits per heavy atom. The number of hydrogen-bond donors (Lipinski definition) is 2. The Balaban J connectivity index is 1.76. The number of carbonyl (C=O) groups excluding carboxylic acids is 1. The van der Waals surface area contributed by atoms with E-state index in [-0.39, 0.29) is 5.91 Å². The van der Waals surface area contributed by atoms with Crippen molar-refractivity contribution < 1.29 is 4.79 Å². The average Bonchev–Trinajstić information content (AvgIpc) is 2.67. The highest BCUT2D eigenvalue weighted by Crippen LogP contribution is 2.09. The van der Waals surface area contributed by atoms with Gasteiger partial charge in [0.05, 0.1) is 0 Å². The van der Waals surface area contributed by atoms with Crippen molar-refractivity contribution in [2.45, 2.75) is 13.3 Å². The molecule has 0 atom stereocenters. The Morgan fingerprint density at radius 2 is 2.38 bits per heavy atom. The summed E-state index contributed by atoms with van der Waals surface area (Å²) in [5.74, 6) is 0.0757. The molecule has 1 aliphatic heterocycles. The van der Waals surface area contributed by atoms with Gasteiger partial charge in [-0.2, -0.15) is 11.3 Å². The van der Waals surface area contributed by atoms with Crippen LogP contribution in [0.5, 0.6) is 0 Å². The maximum Gasteiger partial charge on any atom is 0.246 e. The summed E-state index contributed by atoms with van der Waals surface area (Å²) in [6.45, 7) is 4.34. The first kappa shape index (κ1) is 11.4. The molecule has 0 aromatic carbocycles. The third-order valence-electron chi connectivity index (χ3n) is 2.83. The first-order valence-corrected chi connectivity index (χ1v) is 6.40. The van der Waals surface area contributed by atoms with Crippen LogP contribution >= 0.6 is 11.3 Å². The normalized spacial score (nSPS) is 14.4. The van der Waals surface area contributed by atoms with Crippen LogP contribution in [0.2, 0.25) is 0 Å². The summed E-state index contributed by atoms with van der Waals surface area (Å²) in [6, 6.07) is 2.10. The zero-order valence-electron chi connectivity index (χ0n) is 9.38. The molecule has 0 aliphatic carbocycles. The molecule has 3 nitrogen and oxygen atoms in total. The first-order chi connectivity index (χ1) is 7.77. The molecular formula is C12H16N2OS. The van der Waals surface area contributed by atoms with E-state index in [1.165, 1.54) is 11.1 Å². The van der Waals surface area contributed by atoms with Crippen LogP contribution in [-0.2, 0) is 11.2 Å². The molecule has 2 N–H and O–H groups in total. The van der Waals surface area contributed by atoms with E-state index in [4.69, 9.17) is 0 Å². The van der Waals surface area contributed by atoms with Gasteiger partial charge >= 0.3 is 0 Å². The van der Waals surface area contributed by atoms with Crippen LogP contribution in [0.1, 0.15) is 12.5 Å². The molecule has 86 valence electrons. The fourth-order valence-electron chi connectivity index (χ4n) is 1.56. The number of hydrogen-bond acceptors (Lipinski definition) is 3. The molecule has 0 unspecified atom stereocenters. The van der Waals surface area contributed by atoms with E-state index in [1.54, 1.807) is 11.3 Å². The van der Waals surface area contributed by atoms with Crippen LogP contribution in [0.15, 0.2) is 28.0 Å². The number of carbonyl (C=O) groups is 1. The molecule has 16 heavy (non-hydrogen) atoms. The van der Waals surface area contributed by atoms with Gasteiger partial charge in [-0.1, -0.05) is 0 Å². The molecule has 0 spiro atoms. The van der Waals surface area contributed by atoms with Gasteiger partial charge in [0.2, 0.25) is 5.91 Å². The Morgan fingerprint density at radius 3 is 2.94 bits per heavy atom. The molecule has 0 saturated carbocycles. The molecule has 1 amide bonds. The van der Waals surface area contributed by atoms with Gasteiger partial charge in [-0.3, -0.25) is 4.79 Å². The van der Waals surface area contributed by atoms with Crippen molar-refractivity contribution >= 4 is 17.2 Å². The summed E-state index contributed by atoms with van der Waals surface area (Å²) in [5.41, 5.74) is 3.40. The maximum absolute atomic E-state index is 11.7. The van der Waals surface area contributed by atoms with E-state index in [0.717, 1.165) is 25.1 Å². The number of thiophene rings is 1. The maximum atomic E-state index is 11.7. The SMILES string of the molecule is CC(C(=O)NCCc1ccsc1)=C1CNC1. The summed E-state index contributed by atoms with van der Waals surface area (Å²) in [5, 5.41) is 10.3. The molecule has 4 heteroatoms. The number of rotatable bonds is 4. The minimum absolute atomic E-state index is 0.0757. The highest BCUT2D eigenvalue weighted by Gasteiger charge is 2.15. The number of nitrogens with one attached hydrogen (secondary N) is 2. The second-order valence-corrected chi connectivity index (χ2v) is 4.75. The topological polar surface area (TPSA) is 41.1 Å². The van der Waals surface area contributed by atoms with Gasteiger partial charge in [0.15, 0.2) is 0 Å². The molecule has 1 saturated heterocycles. The molecule has 0 bridgehead atoms. The van der Waals surface area contributed by atoms with Gasteiger partial charge in [0.25, 0.3) is 0 Å². The van der Waals surface area contributed by atoms with Crippen molar-refractivity contribution in [1.29, 1.82) is 0 Å². The summed E-state index contributed by atoms with van der Waals surface area (Å²) in [4.78, 5) is 11.7. The van der Waals surface area contributed by atoms with Gasteiger partial charge in [-0.05, 0) is 41.3 Å². The summed E-state index contributed by atoms with van der Waals surface area (Å²) < 4.78 is 0. The largest absolute Gasteiger partial charge is 0.352 e. The highest BCUT2D eigenvalue weighted by molar-refractivity contribution is 7.07. The zero-order valence-corrected chi connectivity index (χ0v) is 10.2. The molecule has 2 rings (SSSR count). The molecular weight excluding hydrogens is 220 g/mol. The van der Waals surface area contributed by atoms with E-state index in [1.807, 2.05) is 6.92 Å². The quantitative estimate of drug-likeness (QED) is 0.774. The van der Waals surface area contributed by atoms with Gasteiger partial charge in [-0.15, -0.1) is 0 Å². The van der Waals surface area contributed by atoms with Crippen molar-refractivity contribution in [3.8, 4) is 0 Å². The summed E-state index contributed by atoms with van der Waals surface area (Å²) in [7, 11) is 0. The predicted molar refractivity (Wildman–Crippen MR) is 66.6 cm³/mol. The van der Waals surface area contributed by atoms with E-state index >= 15 is 0 Å². The summed E-state index contributed by atoms with van der Waals surface area (Å²) in [6.07, 6.45) is 0.913. The van der Waals surface area contributed by atoms with E-state index < -0.39 is 0 Å². The zero-order chi connectivity index (χ0) is 11.4. The van der Waals surface area contributed by atoms with Crippen molar-refractivity contribution in [3.05, 3.63) is 33.5 Å². The molecule has 1 aromatic rings. The Labute approximate surface area is 99.6 Å². The molecule has 2 heterocycles. The Bertz CT molecular complexity index is 389. The lowest BCUT2D eigenvalue weighted by Crippen LogP contribution is -2.38. The lowest BCUT2D eigenvalue weighted by molar-refractivity contribution is -0.117. The second-order valence-electron chi connectivity index (χ2n) is 3.97. The molecule has 1 fully saturated rings. The van der Waals surface area contributed by atoms with Crippen LogP contribution in [0.4, 0.5) is 0 Å². The fraction of sp³-hybridized carbons (Fsp3) is 0.417. The van der Waals surface area contributed by atoms with Gasteiger partial charge in [-0.25, -0.2) is 0 Å². The van der Waals surface area contributed by atoms with Gasteiger partial charge in [0.1, 0.15) is 0 Å². The Hall–Kier alpha value is -1.13. The standard InChI is InChI=1S/C12H16N2OS/c1-9(11-6-13-7-11)12(15)14-4-2-10-3-5-16-8-10/h3,5,8,13H,2,4,6-7H2,1H3,(H,14,15). The van der Waals surface area contributed by atoms with Crippen LogP contribution in [0, 0.1) is 0 Å². The van der Waals surface area contributed by atoms with Crippen molar-refractivity contribution in [2.24, 2.45) is 0 Å². The van der Waals surface area contributed by atoms with Crippen LogP contribution in [0.25, 0.3) is 0 Å². The smallest absolute Gasteiger partial charge is 0.246 e. The van der Waals surface area contributed by atoms with Crippen molar-refractivity contribution in [2.75, 3.05) is 19.6 Å². The van der Waals surface area contributed by atoms with E-state index in [2.05, 4.69) is 27.5 Å². The molecule has 1 aromatic heterocycles. The third-order valence-corrected chi connectivity index (χ3v) is 3.56. The first-order valence-electron chi connectivity index (χ1n) is 5.46. The highest BCUT2D eigenvalue weighted by atomic mass is 32.1. The van der Waals surface area contributed by atoms with Crippen LogP contribution in [-0.4, -0.2) is 25.5 Å². The predicted octanol–water partition coefficient (Wildman–Crippen LogP) is 1.33. The van der Waals surface area contributed by atoms with Crippen LogP contribution in [0.3, 0.4) is 0 Å². The van der Waals surface area contributed by atoms with E-state index in [9.17, 15) is 4.79 Å². The summed E-state index contributed by atoms with van der Waals surface area (Å²) >= 11 is 1.69.